The Morgan fingerprint density at radius 2 is 1.88 bits per heavy atom. The predicted octanol–water partition coefficient (Wildman–Crippen LogP) is 2.38. The Labute approximate surface area is 96.7 Å². The molecule has 3 heteroatoms. The van der Waals surface area contributed by atoms with Crippen molar-refractivity contribution in [1.29, 1.82) is 0 Å². The Balaban J connectivity index is 2.15. The molecule has 0 radical (unpaired) electrons. The van der Waals surface area contributed by atoms with Crippen LogP contribution in [0.5, 0.6) is 0 Å². The lowest BCUT2D eigenvalue weighted by atomic mass is 9.82. The van der Waals surface area contributed by atoms with Gasteiger partial charge in [-0.3, -0.25) is 0 Å². The molecule has 1 aliphatic rings. The molecule has 0 heterocycles. The van der Waals surface area contributed by atoms with E-state index in [9.17, 15) is 5.11 Å². The minimum atomic E-state index is -0.159. The molecule has 0 aliphatic heterocycles. The van der Waals surface area contributed by atoms with Crippen molar-refractivity contribution in [3.05, 3.63) is 24.3 Å². The van der Waals surface area contributed by atoms with Crippen LogP contribution in [-0.2, 0) is 0 Å². The lowest BCUT2D eigenvalue weighted by molar-refractivity contribution is 0.173. The monoisotopic (exact) mass is 220 g/mol. The van der Waals surface area contributed by atoms with Crippen LogP contribution in [0, 0.1) is 0 Å². The molecule has 1 aromatic carbocycles. The van der Waals surface area contributed by atoms with Crippen LogP contribution in [0.15, 0.2) is 24.3 Å². The summed E-state index contributed by atoms with van der Waals surface area (Å²) in [6.45, 7) is 0.182. The maximum atomic E-state index is 9.59. The minimum Gasteiger partial charge on any atom is -0.397 e. The Kier molecular flexibility index (Phi) is 3.34. The number of nitrogens with two attached hydrogens (primary N) is 1. The minimum absolute atomic E-state index is 0.159. The molecule has 0 amide bonds. The van der Waals surface area contributed by atoms with Gasteiger partial charge in [-0.2, -0.15) is 0 Å². The van der Waals surface area contributed by atoms with E-state index in [0.29, 0.717) is 0 Å². The topological polar surface area (TPSA) is 58.3 Å². The summed E-state index contributed by atoms with van der Waals surface area (Å²) in [5.41, 5.74) is 7.44. The van der Waals surface area contributed by atoms with Crippen LogP contribution in [0.4, 0.5) is 11.4 Å². The third-order valence-electron chi connectivity index (χ3n) is 3.47. The summed E-state index contributed by atoms with van der Waals surface area (Å²) in [4.78, 5) is 0. The highest BCUT2D eigenvalue weighted by Gasteiger charge is 2.31. The van der Waals surface area contributed by atoms with Gasteiger partial charge < -0.3 is 16.2 Å². The van der Waals surface area contributed by atoms with Gasteiger partial charge in [-0.15, -0.1) is 0 Å². The second kappa shape index (κ2) is 4.74. The number of nitrogens with one attached hydrogen (secondary N) is 1. The number of nitrogen functional groups attached to an aromatic ring is 1. The average molecular weight is 220 g/mol. The third kappa shape index (κ3) is 2.30. The van der Waals surface area contributed by atoms with Crippen LogP contribution in [0.1, 0.15) is 32.1 Å². The van der Waals surface area contributed by atoms with Crippen LogP contribution in [0.3, 0.4) is 0 Å². The van der Waals surface area contributed by atoms with Crippen molar-refractivity contribution in [2.75, 3.05) is 17.7 Å². The number of para-hydroxylation sites is 2. The highest BCUT2D eigenvalue weighted by molar-refractivity contribution is 5.66. The van der Waals surface area contributed by atoms with Gasteiger partial charge in [-0.25, -0.2) is 0 Å². The zero-order valence-corrected chi connectivity index (χ0v) is 9.58. The molecule has 0 spiro atoms. The SMILES string of the molecule is Nc1ccccc1NC1(CO)CCCCC1. The van der Waals surface area contributed by atoms with E-state index < -0.39 is 0 Å². The number of benzene rings is 1. The quantitative estimate of drug-likeness (QED) is 0.685. The second-order valence-corrected chi connectivity index (χ2v) is 4.71. The zero-order valence-electron chi connectivity index (χ0n) is 9.58. The highest BCUT2D eigenvalue weighted by atomic mass is 16.3. The molecule has 0 unspecified atom stereocenters. The molecule has 4 N–H and O–H groups in total. The first-order valence-electron chi connectivity index (χ1n) is 5.99. The van der Waals surface area contributed by atoms with Crippen LogP contribution < -0.4 is 11.1 Å². The van der Waals surface area contributed by atoms with Crippen LogP contribution in [0.2, 0.25) is 0 Å². The van der Waals surface area contributed by atoms with Crippen molar-refractivity contribution in [1.82, 2.24) is 0 Å². The molecule has 0 saturated heterocycles. The number of hydrogen-bond donors (Lipinski definition) is 3. The van der Waals surface area contributed by atoms with Gasteiger partial charge in [0.2, 0.25) is 0 Å². The fourth-order valence-corrected chi connectivity index (χ4v) is 2.45. The van der Waals surface area contributed by atoms with E-state index in [-0.39, 0.29) is 12.1 Å². The predicted molar refractivity (Wildman–Crippen MR) is 67.4 cm³/mol. The average Bonchev–Trinajstić information content (AvgIpc) is 2.33. The molecule has 1 aliphatic carbocycles. The molecule has 1 aromatic rings. The summed E-state index contributed by atoms with van der Waals surface area (Å²) < 4.78 is 0. The lowest BCUT2D eigenvalue weighted by Crippen LogP contribution is -2.44. The van der Waals surface area contributed by atoms with E-state index in [1.165, 1.54) is 19.3 Å². The van der Waals surface area contributed by atoms with E-state index >= 15 is 0 Å². The first-order chi connectivity index (χ1) is 7.76. The number of aliphatic hydroxyl groups excluding tert-OH is 1. The summed E-state index contributed by atoms with van der Waals surface area (Å²) in [5.74, 6) is 0. The first-order valence-corrected chi connectivity index (χ1v) is 5.99. The van der Waals surface area contributed by atoms with E-state index in [2.05, 4.69) is 5.32 Å². The summed E-state index contributed by atoms with van der Waals surface area (Å²) in [7, 11) is 0. The number of anilines is 2. The third-order valence-corrected chi connectivity index (χ3v) is 3.47. The number of hydrogen-bond acceptors (Lipinski definition) is 3. The van der Waals surface area contributed by atoms with Crippen molar-refractivity contribution >= 4 is 11.4 Å². The van der Waals surface area contributed by atoms with E-state index in [0.717, 1.165) is 24.2 Å². The Hall–Kier alpha value is -1.22. The van der Waals surface area contributed by atoms with Gasteiger partial charge in [0.15, 0.2) is 0 Å². The van der Waals surface area contributed by atoms with Crippen LogP contribution in [-0.4, -0.2) is 17.3 Å². The van der Waals surface area contributed by atoms with E-state index in [4.69, 9.17) is 5.73 Å². The Bertz CT molecular complexity index is 346. The molecule has 0 aromatic heterocycles. The largest absolute Gasteiger partial charge is 0.397 e. The molecule has 2 rings (SSSR count). The summed E-state index contributed by atoms with van der Waals surface area (Å²) in [6, 6.07) is 7.75. The lowest BCUT2D eigenvalue weighted by Gasteiger charge is -2.37. The molecule has 1 saturated carbocycles. The summed E-state index contributed by atoms with van der Waals surface area (Å²) >= 11 is 0. The van der Waals surface area contributed by atoms with Crippen molar-refractivity contribution < 1.29 is 5.11 Å². The van der Waals surface area contributed by atoms with Crippen LogP contribution >= 0.6 is 0 Å². The molecule has 0 bridgehead atoms. The summed E-state index contributed by atoms with van der Waals surface area (Å²) in [5, 5.41) is 13.0. The normalized spacial score (nSPS) is 19.3. The van der Waals surface area contributed by atoms with Crippen molar-refractivity contribution in [3.63, 3.8) is 0 Å². The highest BCUT2D eigenvalue weighted by Crippen LogP contribution is 2.32. The smallest absolute Gasteiger partial charge is 0.0661 e. The van der Waals surface area contributed by atoms with E-state index in [1.807, 2.05) is 24.3 Å². The van der Waals surface area contributed by atoms with E-state index in [1.54, 1.807) is 0 Å². The maximum Gasteiger partial charge on any atom is 0.0661 e. The fourth-order valence-electron chi connectivity index (χ4n) is 2.45. The van der Waals surface area contributed by atoms with Gasteiger partial charge in [-0.1, -0.05) is 31.4 Å². The van der Waals surface area contributed by atoms with Crippen molar-refractivity contribution in [2.45, 2.75) is 37.6 Å². The van der Waals surface area contributed by atoms with Crippen molar-refractivity contribution in [2.24, 2.45) is 0 Å². The number of aliphatic hydroxyl groups is 1. The molecule has 0 atom stereocenters. The molecule has 88 valence electrons. The van der Waals surface area contributed by atoms with Gasteiger partial charge in [0.05, 0.1) is 23.5 Å². The van der Waals surface area contributed by atoms with Gasteiger partial charge >= 0.3 is 0 Å². The Morgan fingerprint density at radius 3 is 2.50 bits per heavy atom. The van der Waals surface area contributed by atoms with Crippen LogP contribution in [0.25, 0.3) is 0 Å². The maximum absolute atomic E-state index is 9.59. The van der Waals surface area contributed by atoms with Gasteiger partial charge in [0, 0.05) is 0 Å². The Morgan fingerprint density at radius 1 is 1.19 bits per heavy atom. The van der Waals surface area contributed by atoms with Gasteiger partial charge in [0.1, 0.15) is 0 Å². The molecular weight excluding hydrogens is 200 g/mol. The summed E-state index contributed by atoms with van der Waals surface area (Å²) in [6.07, 6.45) is 5.68. The zero-order chi connectivity index (χ0) is 11.4. The fraction of sp³-hybridized carbons (Fsp3) is 0.538. The molecule has 16 heavy (non-hydrogen) atoms. The molecule has 1 fully saturated rings. The van der Waals surface area contributed by atoms with Gasteiger partial charge in [-0.05, 0) is 25.0 Å². The molecular formula is C13H20N2O. The standard InChI is InChI=1S/C13H20N2O/c14-11-6-2-3-7-12(11)15-13(10-16)8-4-1-5-9-13/h2-3,6-7,15-16H,1,4-5,8-10,14H2. The van der Waals surface area contributed by atoms with Crippen molar-refractivity contribution in [3.8, 4) is 0 Å². The van der Waals surface area contributed by atoms with Gasteiger partial charge in [0.25, 0.3) is 0 Å². The number of rotatable bonds is 3. The first kappa shape index (κ1) is 11.3. The molecule has 3 nitrogen and oxygen atoms in total. The second-order valence-electron chi connectivity index (χ2n) is 4.71.